The van der Waals surface area contributed by atoms with Gasteiger partial charge in [-0.25, -0.2) is 0 Å². The van der Waals surface area contributed by atoms with Crippen LogP contribution in [0.2, 0.25) is 0 Å². The molecule has 4 N–H and O–H groups in total. The number of hydrogen-bond donors (Lipinski definition) is 4. The van der Waals surface area contributed by atoms with Crippen molar-refractivity contribution in [3.8, 4) is 0 Å². The van der Waals surface area contributed by atoms with E-state index in [4.69, 9.17) is 0 Å². The maximum Gasteiger partial charge on any atom is 0.235 e. The van der Waals surface area contributed by atoms with Crippen LogP contribution in [0.25, 0.3) is 0 Å². The number of allylic oxidation sites excluding steroid dienone is 4. The Morgan fingerprint density at radius 2 is 1.90 bits per heavy atom. The Hall–Kier alpha value is -1.67. The van der Waals surface area contributed by atoms with Crippen LogP contribution < -0.4 is 0 Å². The first kappa shape index (κ1) is 21.6. The third-order valence-corrected chi connectivity index (χ3v) is 8.67. The zero-order valence-corrected chi connectivity index (χ0v) is 17.5. The van der Waals surface area contributed by atoms with E-state index in [2.05, 4.69) is 0 Å². The van der Waals surface area contributed by atoms with E-state index in [1.807, 2.05) is 13.0 Å². The summed E-state index contributed by atoms with van der Waals surface area (Å²) in [4.78, 5) is 37.0. The van der Waals surface area contributed by atoms with Gasteiger partial charge in [0.2, 0.25) is 11.6 Å². The molecule has 0 aromatic heterocycles. The molecule has 164 valence electrons. The van der Waals surface area contributed by atoms with E-state index < -0.39 is 46.3 Å². The Kier molecular flexibility index (Phi) is 4.79. The zero-order chi connectivity index (χ0) is 22.2. The molecule has 4 aliphatic rings. The van der Waals surface area contributed by atoms with E-state index in [1.54, 1.807) is 13.0 Å². The van der Waals surface area contributed by atoms with Crippen molar-refractivity contribution in [2.24, 2.45) is 28.6 Å². The predicted octanol–water partition coefficient (Wildman–Crippen LogP) is 0.486. The second-order valence-electron chi connectivity index (χ2n) is 10.1. The highest BCUT2D eigenvalue weighted by Gasteiger charge is 2.72. The summed E-state index contributed by atoms with van der Waals surface area (Å²) in [5.74, 6) is -3.00. The minimum absolute atomic E-state index is 0.0376. The number of aliphatic hydroxyl groups is 4. The Labute approximate surface area is 175 Å². The molecule has 0 heterocycles. The van der Waals surface area contributed by atoms with Gasteiger partial charge in [-0.2, -0.15) is 0 Å². The fourth-order valence-corrected chi connectivity index (χ4v) is 7.13. The monoisotopic (exact) mass is 418 g/mol. The van der Waals surface area contributed by atoms with Gasteiger partial charge >= 0.3 is 0 Å². The second kappa shape index (κ2) is 6.66. The van der Waals surface area contributed by atoms with Gasteiger partial charge in [0.1, 0.15) is 6.10 Å². The van der Waals surface area contributed by atoms with Crippen molar-refractivity contribution >= 4 is 17.3 Å². The van der Waals surface area contributed by atoms with Crippen LogP contribution in [0.5, 0.6) is 0 Å². The summed E-state index contributed by atoms with van der Waals surface area (Å²) in [5.41, 5.74) is -3.09. The molecular formula is C23H30O7. The lowest BCUT2D eigenvalue weighted by atomic mass is 9.46. The molecule has 0 aliphatic heterocycles. The molecule has 3 fully saturated rings. The lowest BCUT2D eigenvalue weighted by Gasteiger charge is -2.59. The van der Waals surface area contributed by atoms with Gasteiger partial charge in [0.25, 0.3) is 0 Å². The van der Waals surface area contributed by atoms with Crippen molar-refractivity contribution in [3.05, 3.63) is 23.8 Å². The molecule has 0 spiro atoms. The van der Waals surface area contributed by atoms with Gasteiger partial charge in [-0.05, 0) is 56.6 Å². The third kappa shape index (κ3) is 2.55. The molecule has 0 aromatic rings. The number of rotatable bonds is 3. The molecule has 7 heteroatoms. The predicted molar refractivity (Wildman–Crippen MR) is 106 cm³/mol. The van der Waals surface area contributed by atoms with Crippen molar-refractivity contribution in [2.45, 2.75) is 70.4 Å². The Morgan fingerprint density at radius 1 is 1.23 bits per heavy atom. The molecule has 0 amide bonds. The maximum absolute atomic E-state index is 12.9. The Bertz CT molecular complexity index is 873. The van der Waals surface area contributed by atoms with Gasteiger partial charge in [-0.3, -0.25) is 14.4 Å². The lowest BCUT2D eigenvalue weighted by Crippen LogP contribution is -2.65. The minimum atomic E-state index is -2.35. The Balaban J connectivity index is 1.76. The summed E-state index contributed by atoms with van der Waals surface area (Å²) in [6.45, 7) is 4.82. The van der Waals surface area contributed by atoms with Crippen molar-refractivity contribution in [2.75, 3.05) is 0 Å². The number of ketones is 3. The molecule has 3 saturated carbocycles. The van der Waals surface area contributed by atoms with Crippen molar-refractivity contribution in [3.63, 3.8) is 0 Å². The average Bonchev–Trinajstić information content (AvgIpc) is 2.88. The molecule has 2 unspecified atom stereocenters. The van der Waals surface area contributed by atoms with Crippen LogP contribution in [0.1, 0.15) is 46.5 Å². The molecule has 7 nitrogen and oxygen atoms in total. The van der Waals surface area contributed by atoms with Crippen LogP contribution in [0.4, 0.5) is 0 Å². The van der Waals surface area contributed by atoms with Crippen LogP contribution in [0.15, 0.2) is 23.8 Å². The summed E-state index contributed by atoms with van der Waals surface area (Å²) in [5, 5.41) is 43.1. The molecule has 0 bridgehead atoms. The van der Waals surface area contributed by atoms with E-state index >= 15 is 0 Å². The zero-order valence-electron chi connectivity index (χ0n) is 17.5. The normalized spacial score (nSPS) is 48.3. The first-order chi connectivity index (χ1) is 13.9. The molecule has 0 aromatic carbocycles. The summed E-state index contributed by atoms with van der Waals surface area (Å²) in [7, 11) is 0. The SMILES string of the molecule is CC(O)C(=O)C(=O)[C@@]1(O)[C@H](O)C[C@H]2[C@@H]3CCC4=CC(=O)C=C[C@]4(C)[C@H]3C(O)C[C@@]21C. The van der Waals surface area contributed by atoms with E-state index in [-0.39, 0.29) is 36.4 Å². The molecule has 4 aliphatic carbocycles. The molecule has 0 saturated heterocycles. The summed E-state index contributed by atoms with van der Waals surface area (Å²) in [6, 6.07) is 0. The van der Waals surface area contributed by atoms with Gasteiger partial charge in [0.15, 0.2) is 11.4 Å². The number of carbonyl (C=O) groups excluding carboxylic acids is 3. The van der Waals surface area contributed by atoms with Gasteiger partial charge in [-0.15, -0.1) is 0 Å². The van der Waals surface area contributed by atoms with Gasteiger partial charge < -0.3 is 20.4 Å². The fourth-order valence-electron chi connectivity index (χ4n) is 7.13. The van der Waals surface area contributed by atoms with Crippen LogP contribution >= 0.6 is 0 Å². The number of fused-ring (bicyclic) bond motifs is 5. The van der Waals surface area contributed by atoms with E-state index in [0.717, 1.165) is 12.5 Å². The minimum Gasteiger partial charge on any atom is -0.393 e. The highest BCUT2D eigenvalue weighted by molar-refractivity contribution is 6.42. The van der Waals surface area contributed by atoms with Crippen LogP contribution in [-0.2, 0) is 14.4 Å². The van der Waals surface area contributed by atoms with E-state index in [9.17, 15) is 34.8 Å². The topological polar surface area (TPSA) is 132 Å². The number of hydrogen-bond acceptors (Lipinski definition) is 7. The van der Waals surface area contributed by atoms with Crippen molar-refractivity contribution < 1.29 is 34.8 Å². The van der Waals surface area contributed by atoms with E-state index in [1.165, 1.54) is 6.08 Å². The molecule has 30 heavy (non-hydrogen) atoms. The molecular weight excluding hydrogens is 388 g/mol. The average molecular weight is 418 g/mol. The van der Waals surface area contributed by atoms with Crippen molar-refractivity contribution in [1.29, 1.82) is 0 Å². The highest BCUT2D eigenvalue weighted by Crippen LogP contribution is 2.67. The van der Waals surface area contributed by atoms with Gasteiger partial charge in [0.05, 0.1) is 12.2 Å². The maximum atomic E-state index is 12.9. The number of Topliss-reactive ketones (excluding diaryl/α,β-unsaturated/α-hetero) is 2. The number of aliphatic hydroxyl groups excluding tert-OH is 3. The first-order valence-corrected chi connectivity index (χ1v) is 10.7. The Morgan fingerprint density at radius 3 is 2.53 bits per heavy atom. The quantitative estimate of drug-likeness (QED) is 0.490. The molecule has 9 atom stereocenters. The molecule has 4 rings (SSSR count). The lowest BCUT2D eigenvalue weighted by molar-refractivity contribution is -0.190. The third-order valence-electron chi connectivity index (χ3n) is 8.67. The first-order valence-electron chi connectivity index (χ1n) is 10.7. The smallest absolute Gasteiger partial charge is 0.235 e. The van der Waals surface area contributed by atoms with Gasteiger partial charge in [0, 0.05) is 16.7 Å². The van der Waals surface area contributed by atoms with Crippen LogP contribution in [0.3, 0.4) is 0 Å². The largest absolute Gasteiger partial charge is 0.393 e. The van der Waals surface area contributed by atoms with Crippen LogP contribution in [-0.4, -0.2) is 61.7 Å². The summed E-state index contributed by atoms with van der Waals surface area (Å²) < 4.78 is 0. The van der Waals surface area contributed by atoms with Crippen LogP contribution in [0, 0.1) is 28.6 Å². The highest BCUT2D eigenvalue weighted by atomic mass is 16.4. The number of carbonyl (C=O) groups is 3. The van der Waals surface area contributed by atoms with Gasteiger partial charge in [-0.1, -0.05) is 25.5 Å². The summed E-state index contributed by atoms with van der Waals surface area (Å²) >= 11 is 0. The standard InChI is InChI=1S/C23H30O7/c1-11(24)19(28)20(29)23(30)17(27)9-15-14-5-4-12-8-13(25)6-7-21(12,2)18(14)16(26)10-22(15,23)3/h6-8,11,14-18,24,26-27,30H,4-5,9-10H2,1-3H3/t11?,14-,15-,16?,17+,18+,21-,22-,23-/m0/s1. The summed E-state index contributed by atoms with van der Waals surface area (Å²) in [6.07, 6.45) is 2.58. The van der Waals surface area contributed by atoms with E-state index in [0.29, 0.717) is 12.8 Å². The second-order valence-corrected chi connectivity index (χ2v) is 10.1. The fraction of sp³-hybridized carbons (Fsp3) is 0.696. The van der Waals surface area contributed by atoms with Crippen molar-refractivity contribution in [1.82, 2.24) is 0 Å². The molecule has 0 radical (unpaired) electrons.